The van der Waals surface area contributed by atoms with Crippen molar-refractivity contribution in [3.63, 3.8) is 0 Å². The van der Waals surface area contributed by atoms with Crippen molar-refractivity contribution in [1.82, 2.24) is 4.90 Å². The van der Waals surface area contributed by atoms with Gasteiger partial charge < -0.3 is 10.5 Å². The number of ether oxygens (including phenoxy) is 1. The Morgan fingerprint density at radius 3 is 2.28 bits per heavy atom. The van der Waals surface area contributed by atoms with Crippen LogP contribution in [0.2, 0.25) is 0 Å². The molecule has 2 unspecified atom stereocenters. The Morgan fingerprint density at radius 1 is 1.06 bits per heavy atom. The molecule has 1 aromatic carbocycles. The molecule has 2 aliphatic heterocycles. The molecular formula is C15H22N2O. The molecule has 1 aromatic rings. The van der Waals surface area contributed by atoms with Crippen molar-refractivity contribution in [2.45, 2.75) is 38.0 Å². The van der Waals surface area contributed by atoms with E-state index in [0.29, 0.717) is 12.2 Å². The van der Waals surface area contributed by atoms with E-state index in [-0.39, 0.29) is 0 Å². The van der Waals surface area contributed by atoms with Crippen molar-refractivity contribution >= 4 is 0 Å². The molecule has 0 amide bonds. The maximum absolute atomic E-state index is 5.86. The lowest BCUT2D eigenvalue weighted by molar-refractivity contribution is -0.0410. The van der Waals surface area contributed by atoms with Crippen LogP contribution in [0.25, 0.3) is 0 Å². The van der Waals surface area contributed by atoms with Crippen molar-refractivity contribution < 1.29 is 4.74 Å². The molecule has 3 rings (SSSR count). The Bertz CT molecular complexity index is 378. The van der Waals surface area contributed by atoms with Crippen molar-refractivity contribution in [2.75, 3.05) is 19.6 Å². The smallest absolute Gasteiger partial charge is 0.0707 e. The largest absolute Gasteiger partial charge is 0.372 e. The number of hydrogen-bond donors (Lipinski definition) is 1. The lowest BCUT2D eigenvalue weighted by Crippen LogP contribution is -2.41. The number of fused-ring (bicyclic) bond motifs is 2. The molecule has 2 saturated heterocycles. The lowest BCUT2D eigenvalue weighted by atomic mass is 10.1. The second-order valence-electron chi connectivity index (χ2n) is 5.51. The van der Waals surface area contributed by atoms with Gasteiger partial charge in [-0.05, 0) is 36.9 Å². The molecular weight excluding hydrogens is 224 g/mol. The first-order valence-electron chi connectivity index (χ1n) is 6.99. The first-order chi connectivity index (χ1) is 8.83. The fourth-order valence-electron chi connectivity index (χ4n) is 3.06. The van der Waals surface area contributed by atoms with Crippen LogP contribution in [0.4, 0.5) is 0 Å². The summed E-state index contributed by atoms with van der Waals surface area (Å²) in [6, 6.07) is 8.89. The third kappa shape index (κ3) is 2.74. The first-order valence-corrected chi connectivity index (χ1v) is 6.99. The molecule has 0 saturated carbocycles. The maximum Gasteiger partial charge on any atom is 0.0707 e. The number of benzene rings is 1. The molecule has 0 radical (unpaired) electrons. The normalized spacial score (nSPS) is 27.6. The number of hydrogen-bond acceptors (Lipinski definition) is 3. The minimum atomic E-state index is 0.486. The minimum Gasteiger partial charge on any atom is -0.372 e. The Labute approximate surface area is 109 Å². The number of morpholine rings is 1. The van der Waals surface area contributed by atoms with Gasteiger partial charge in [-0.3, -0.25) is 4.90 Å². The van der Waals surface area contributed by atoms with Crippen LogP contribution >= 0.6 is 0 Å². The summed E-state index contributed by atoms with van der Waals surface area (Å²) in [5.74, 6) is 0. The van der Waals surface area contributed by atoms with E-state index in [2.05, 4.69) is 29.2 Å². The highest BCUT2D eigenvalue weighted by Gasteiger charge is 2.33. The van der Waals surface area contributed by atoms with Gasteiger partial charge in [-0.15, -0.1) is 0 Å². The third-order valence-corrected chi connectivity index (χ3v) is 3.98. The predicted molar refractivity (Wildman–Crippen MR) is 72.4 cm³/mol. The number of rotatable bonds is 4. The van der Waals surface area contributed by atoms with Crippen molar-refractivity contribution in [3.05, 3.63) is 35.4 Å². The maximum atomic E-state index is 5.86. The zero-order valence-corrected chi connectivity index (χ0v) is 10.8. The zero-order valence-electron chi connectivity index (χ0n) is 10.8. The number of likely N-dealkylation sites (tertiary alicyclic amines) is 1. The molecule has 3 heteroatoms. The molecule has 2 atom stereocenters. The van der Waals surface area contributed by atoms with Crippen molar-refractivity contribution in [1.29, 1.82) is 0 Å². The van der Waals surface area contributed by atoms with E-state index in [1.165, 1.54) is 24.0 Å². The van der Waals surface area contributed by atoms with Crippen molar-refractivity contribution in [3.8, 4) is 0 Å². The Kier molecular flexibility index (Phi) is 3.64. The summed E-state index contributed by atoms with van der Waals surface area (Å²) in [6.45, 7) is 3.98. The highest BCUT2D eigenvalue weighted by Crippen LogP contribution is 2.27. The molecule has 2 aliphatic rings. The summed E-state index contributed by atoms with van der Waals surface area (Å²) < 4.78 is 5.86. The van der Waals surface area contributed by atoms with Gasteiger partial charge in [-0.2, -0.15) is 0 Å². The Morgan fingerprint density at radius 2 is 1.67 bits per heavy atom. The lowest BCUT2D eigenvalue weighted by Gasteiger charge is -2.32. The highest BCUT2D eigenvalue weighted by atomic mass is 16.5. The highest BCUT2D eigenvalue weighted by molar-refractivity contribution is 5.22. The van der Waals surface area contributed by atoms with Crippen LogP contribution in [-0.2, 0) is 17.7 Å². The van der Waals surface area contributed by atoms with E-state index in [0.717, 1.165) is 32.6 Å². The fraction of sp³-hybridized carbons (Fsp3) is 0.600. The van der Waals surface area contributed by atoms with Crippen molar-refractivity contribution in [2.24, 2.45) is 5.73 Å². The Balaban J connectivity index is 1.59. The molecule has 18 heavy (non-hydrogen) atoms. The second kappa shape index (κ2) is 5.39. The summed E-state index contributed by atoms with van der Waals surface area (Å²) in [5.41, 5.74) is 8.30. The van der Waals surface area contributed by atoms with Crippen LogP contribution in [0.1, 0.15) is 24.0 Å². The second-order valence-corrected chi connectivity index (χ2v) is 5.51. The molecule has 98 valence electrons. The van der Waals surface area contributed by atoms with Gasteiger partial charge in [0.2, 0.25) is 0 Å². The van der Waals surface area contributed by atoms with E-state index in [4.69, 9.17) is 10.5 Å². The third-order valence-electron chi connectivity index (χ3n) is 3.98. The van der Waals surface area contributed by atoms with E-state index in [9.17, 15) is 0 Å². The zero-order chi connectivity index (χ0) is 12.4. The van der Waals surface area contributed by atoms with Gasteiger partial charge >= 0.3 is 0 Å². The summed E-state index contributed by atoms with van der Waals surface area (Å²) in [7, 11) is 0. The van der Waals surface area contributed by atoms with Crippen LogP contribution < -0.4 is 5.73 Å². The van der Waals surface area contributed by atoms with E-state index in [1.807, 2.05) is 0 Å². The Hall–Kier alpha value is -0.900. The van der Waals surface area contributed by atoms with Gasteiger partial charge in [0, 0.05) is 19.6 Å². The van der Waals surface area contributed by atoms with Crippen LogP contribution in [0.15, 0.2) is 24.3 Å². The molecule has 2 heterocycles. The van der Waals surface area contributed by atoms with Gasteiger partial charge in [0.1, 0.15) is 0 Å². The van der Waals surface area contributed by atoms with Gasteiger partial charge in [0.15, 0.2) is 0 Å². The molecule has 2 fully saturated rings. The van der Waals surface area contributed by atoms with Gasteiger partial charge in [-0.25, -0.2) is 0 Å². The fourth-order valence-corrected chi connectivity index (χ4v) is 3.06. The number of nitrogens with two attached hydrogens (primary N) is 1. The van der Waals surface area contributed by atoms with E-state index >= 15 is 0 Å². The average molecular weight is 246 g/mol. The number of nitrogens with zero attached hydrogens (tertiary/aromatic N) is 1. The quantitative estimate of drug-likeness (QED) is 0.876. The summed E-state index contributed by atoms with van der Waals surface area (Å²) in [6.07, 6.45) is 4.44. The minimum absolute atomic E-state index is 0.486. The monoisotopic (exact) mass is 246 g/mol. The molecule has 2 N–H and O–H groups in total. The predicted octanol–water partition coefficient (Wildman–Crippen LogP) is 1.55. The average Bonchev–Trinajstić information content (AvgIpc) is 2.72. The molecule has 0 spiro atoms. The van der Waals surface area contributed by atoms with E-state index in [1.54, 1.807) is 0 Å². The molecule has 2 bridgehead atoms. The standard InChI is InChI=1S/C15H22N2O/c16-8-7-12-1-3-13(4-2-12)9-17-10-14-5-6-15(11-17)18-14/h1-4,14-15H,5-11,16H2. The topological polar surface area (TPSA) is 38.5 Å². The van der Waals surface area contributed by atoms with Crippen LogP contribution in [-0.4, -0.2) is 36.7 Å². The van der Waals surface area contributed by atoms with Gasteiger partial charge in [0.05, 0.1) is 12.2 Å². The van der Waals surface area contributed by atoms with Crippen LogP contribution in [0.3, 0.4) is 0 Å². The summed E-state index contributed by atoms with van der Waals surface area (Å²) >= 11 is 0. The molecule has 0 aromatic heterocycles. The van der Waals surface area contributed by atoms with E-state index < -0.39 is 0 Å². The first kappa shape index (κ1) is 12.2. The van der Waals surface area contributed by atoms with Gasteiger partial charge in [0.25, 0.3) is 0 Å². The van der Waals surface area contributed by atoms with Gasteiger partial charge in [-0.1, -0.05) is 24.3 Å². The van der Waals surface area contributed by atoms with Crippen LogP contribution in [0.5, 0.6) is 0 Å². The van der Waals surface area contributed by atoms with Crippen LogP contribution in [0, 0.1) is 0 Å². The molecule has 0 aliphatic carbocycles. The summed E-state index contributed by atoms with van der Waals surface area (Å²) in [5, 5.41) is 0. The molecule has 3 nitrogen and oxygen atoms in total. The summed E-state index contributed by atoms with van der Waals surface area (Å²) in [4.78, 5) is 2.53. The SMILES string of the molecule is NCCc1ccc(CN2CC3CCC(C2)O3)cc1.